The average Bonchev–Trinajstić information content (AvgIpc) is 2.98. The molecule has 1 heterocycles. The summed E-state index contributed by atoms with van der Waals surface area (Å²) in [6, 6.07) is 8.51. The van der Waals surface area contributed by atoms with Crippen LogP contribution in [0.15, 0.2) is 29.4 Å². The lowest BCUT2D eigenvalue weighted by Crippen LogP contribution is -2.44. The fourth-order valence-electron chi connectivity index (χ4n) is 3.64. The van der Waals surface area contributed by atoms with Gasteiger partial charge in [0.2, 0.25) is 5.91 Å². The summed E-state index contributed by atoms with van der Waals surface area (Å²) in [7, 11) is 1.95. The van der Waals surface area contributed by atoms with E-state index in [1.54, 1.807) is 0 Å². The molecule has 0 spiro atoms. The molecule has 1 aromatic carbocycles. The monoisotopic (exact) mass is 372 g/mol. The lowest BCUT2D eigenvalue weighted by molar-refractivity contribution is -0.120. The molecule has 0 aliphatic heterocycles. The zero-order chi connectivity index (χ0) is 18.7. The van der Waals surface area contributed by atoms with Gasteiger partial charge in [-0.3, -0.25) is 4.79 Å². The zero-order valence-electron chi connectivity index (χ0n) is 16.0. The molecule has 26 heavy (non-hydrogen) atoms. The van der Waals surface area contributed by atoms with Crippen LogP contribution in [0.1, 0.15) is 38.7 Å². The van der Waals surface area contributed by atoms with Gasteiger partial charge in [-0.25, -0.2) is 0 Å². The fraction of sp³-hybridized carbons (Fsp3) is 0.550. The van der Waals surface area contributed by atoms with Gasteiger partial charge in [-0.2, -0.15) is 0 Å². The molecule has 0 radical (unpaired) electrons. The first-order chi connectivity index (χ1) is 12.5. The van der Waals surface area contributed by atoms with Crippen LogP contribution >= 0.6 is 11.8 Å². The number of carbonyl (C=O) groups is 1. The zero-order valence-corrected chi connectivity index (χ0v) is 16.8. The Morgan fingerprint density at radius 3 is 2.88 bits per heavy atom. The quantitative estimate of drug-likeness (QED) is 0.811. The molecule has 0 unspecified atom stereocenters. The van der Waals surface area contributed by atoms with E-state index in [9.17, 15) is 4.79 Å². The predicted molar refractivity (Wildman–Crippen MR) is 106 cm³/mol. The minimum absolute atomic E-state index is 0.0843. The molecule has 0 bridgehead atoms. The van der Waals surface area contributed by atoms with E-state index < -0.39 is 0 Å². The standard InChI is InChI=1S/C20H28N4OS/c1-13-7-5-9-16(11-13)19-22-23-20(24(19)4)26-12-18(25)21-17-10-6-8-14(2)15(17)3/h5,7,9,11,14-15,17H,6,8,10,12H2,1-4H3,(H,21,25)/t14-,15+,17+/m1/s1. The Balaban J connectivity index is 1.59. The predicted octanol–water partition coefficient (Wildman–Crippen LogP) is 3.82. The smallest absolute Gasteiger partial charge is 0.230 e. The number of benzene rings is 1. The number of aryl methyl sites for hydroxylation is 1. The minimum Gasteiger partial charge on any atom is -0.352 e. The highest BCUT2D eigenvalue weighted by Crippen LogP contribution is 2.29. The van der Waals surface area contributed by atoms with Crippen LogP contribution in [0.4, 0.5) is 0 Å². The third kappa shape index (κ3) is 4.29. The molecule has 1 amide bonds. The molecule has 1 aliphatic carbocycles. The van der Waals surface area contributed by atoms with Gasteiger partial charge in [0.15, 0.2) is 11.0 Å². The summed E-state index contributed by atoms with van der Waals surface area (Å²) in [4.78, 5) is 12.4. The molecule has 2 aromatic rings. The molecule has 1 aliphatic rings. The van der Waals surface area contributed by atoms with Crippen molar-refractivity contribution in [1.82, 2.24) is 20.1 Å². The first-order valence-corrected chi connectivity index (χ1v) is 10.3. The van der Waals surface area contributed by atoms with Crippen molar-refractivity contribution in [2.45, 2.75) is 51.2 Å². The molecule has 0 saturated heterocycles. The van der Waals surface area contributed by atoms with E-state index in [0.29, 0.717) is 23.6 Å². The number of hydrogen-bond donors (Lipinski definition) is 1. The number of aromatic nitrogens is 3. The van der Waals surface area contributed by atoms with Crippen molar-refractivity contribution in [2.24, 2.45) is 18.9 Å². The van der Waals surface area contributed by atoms with E-state index in [0.717, 1.165) is 23.0 Å². The van der Waals surface area contributed by atoms with E-state index in [1.807, 2.05) is 23.7 Å². The molecular weight excluding hydrogens is 344 g/mol. The Hall–Kier alpha value is -1.82. The molecule has 140 valence electrons. The number of nitrogens with one attached hydrogen (secondary N) is 1. The number of rotatable bonds is 5. The van der Waals surface area contributed by atoms with Gasteiger partial charge >= 0.3 is 0 Å². The first-order valence-electron chi connectivity index (χ1n) is 9.34. The van der Waals surface area contributed by atoms with Crippen LogP contribution in [0.25, 0.3) is 11.4 Å². The number of thioether (sulfide) groups is 1. The molecule has 1 saturated carbocycles. The van der Waals surface area contributed by atoms with Crippen molar-refractivity contribution in [3.8, 4) is 11.4 Å². The number of carbonyl (C=O) groups excluding carboxylic acids is 1. The average molecular weight is 373 g/mol. The van der Waals surface area contributed by atoms with Crippen molar-refractivity contribution < 1.29 is 4.79 Å². The van der Waals surface area contributed by atoms with Crippen LogP contribution in [0, 0.1) is 18.8 Å². The van der Waals surface area contributed by atoms with E-state index >= 15 is 0 Å². The van der Waals surface area contributed by atoms with Crippen LogP contribution in [0.3, 0.4) is 0 Å². The van der Waals surface area contributed by atoms with Crippen LogP contribution in [0.2, 0.25) is 0 Å². The molecule has 1 fully saturated rings. The van der Waals surface area contributed by atoms with Gasteiger partial charge in [0.05, 0.1) is 5.75 Å². The van der Waals surface area contributed by atoms with E-state index in [2.05, 4.69) is 48.4 Å². The molecular formula is C20H28N4OS. The van der Waals surface area contributed by atoms with E-state index in [4.69, 9.17) is 0 Å². The van der Waals surface area contributed by atoms with Crippen LogP contribution < -0.4 is 5.32 Å². The van der Waals surface area contributed by atoms with E-state index in [1.165, 1.54) is 30.2 Å². The van der Waals surface area contributed by atoms with Crippen molar-refractivity contribution in [3.05, 3.63) is 29.8 Å². The van der Waals surface area contributed by atoms with E-state index in [-0.39, 0.29) is 5.91 Å². The second-order valence-electron chi connectivity index (χ2n) is 7.46. The third-order valence-corrected chi connectivity index (χ3v) is 6.52. The summed E-state index contributed by atoms with van der Waals surface area (Å²) in [6.45, 7) is 6.59. The Labute approximate surface area is 160 Å². The lowest BCUT2D eigenvalue weighted by atomic mass is 9.78. The van der Waals surface area contributed by atoms with Gasteiger partial charge in [-0.15, -0.1) is 10.2 Å². The van der Waals surface area contributed by atoms with Gasteiger partial charge in [0, 0.05) is 18.7 Å². The van der Waals surface area contributed by atoms with Gasteiger partial charge in [-0.1, -0.05) is 62.2 Å². The highest BCUT2D eigenvalue weighted by atomic mass is 32.2. The third-order valence-electron chi connectivity index (χ3n) is 5.50. The van der Waals surface area contributed by atoms with Crippen LogP contribution in [-0.4, -0.2) is 32.5 Å². The molecule has 3 atom stereocenters. The summed E-state index contributed by atoms with van der Waals surface area (Å²) in [5, 5.41) is 12.5. The normalized spacial score (nSPS) is 23.0. The van der Waals surface area contributed by atoms with Crippen LogP contribution in [-0.2, 0) is 11.8 Å². The minimum atomic E-state index is 0.0843. The van der Waals surface area contributed by atoms with Gasteiger partial charge in [0.1, 0.15) is 0 Å². The maximum Gasteiger partial charge on any atom is 0.230 e. The Bertz CT molecular complexity index is 773. The summed E-state index contributed by atoms with van der Waals surface area (Å²) < 4.78 is 1.96. The largest absolute Gasteiger partial charge is 0.352 e. The Morgan fingerprint density at radius 2 is 2.12 bits per heavy atom. The fourth-order valence-corrected chi connectivity index (χ4v) is 4.36. The SMILES string of the molecule is Cc1cccc(-c2nnc(SCC(=O)N[C@H]3CCC[C@@H](C)[C@@H]3C)n2C)c1. The number of nitrogens with zero attached hydrogens (tertiary/aromatic N) is 3. The van der Waals surface area contributed by atoms with Gasteiger partial charge in [0.25, 0.3) is 0 Å². The van der Waals surface area contributed by atoms with Gasteiger partial charge in [-0.05, 0) is 31.2 Å². The highest BCUT2D eigenvalue weighted by Gasteiger charge is 2.28. The number of amides is 1. The number of hydrogen-bond acceptors (Lipinski definition) is 4. The molecule has 5 nitrogen and oxygen atoms in total. The van der Waals surface area contributed by atoms with Crippen molar-refractivity contribution >= 4 is 17.7 Å². The topological polar surface area (TPSA) is 59.8 Å². The molecule has 3 rings (SSSR count). The van der Waals surface area contributed by atoms with Gasteiger partial charge < -0.3 is 9.88 Å². The molecule has 1 N–H and O–H groups in total. The Kier molecular flexibility index (Phi) is 6.01. The summed E-state index contributed by atoms with van der Waals surface area (Å²) in [5.74, 6) is 2.50. The maximum atomic E-state index is 12.4. The first kappa shape index (κ1) is 19.0. The summed E-state index contributed by atoms with van der Waals surface area (Å²) in [5.41, 5.74) is 2.23. The summed E-state index contributed by atoms with van der Waals surface area (Å²) >= 11 is 1.44. The molecule has 1 aromatic heterocycles. The van der Waals surface area contributed by atoms with Crippen molar-refractivity contribution in [3.63, 3.8) is 0 Å². The lowest BCUT2D eigenvalue weighted by Gasteiger charge is -2.34. The second-order valence-corrected chi connectivity index (χ2v) is 8.41. The second kappa shape index (κ2) is 8.25. The van der Waals surface area contributed by atoms with Crippen molar-refractivity contribution in [1.29, 1.82) is 0 Å². The van der Waals surface area contributed by atoms with Crippen LogP contribution in [0.5, 0.6) is 0 Å². The Morgan fingerprint density at radius 1 is 1.31 bits per heavy atom. The maximum absolute atomic E-state index is 12.4. The molecule has 6 heteroatoms. The summed E-state index contributed by atoms with van der Waals surface area (Å²) in [6.07, 6.45) is 3.55. The van der Waals surface area contributed by atoms with Crippen molar-refractivity contribution in [2.75, 3.05) is 5.75 Å². The highest BCUT2D eigenvalue weighted by molar-refractivity contribution is 7.99.